The number of thioether (sulfide) groups is 1. The van der Waals surface area contributed by atoms with E-state index in [1.165, 1.54) is 24.3 Å². The third-order valence-electron chi connectivity index (χ3n) is 2.83. The van der Waals surface area contributed by atoms with E-state index in [2.05, 4.69) is 0 Å². The second-order valence-electron chi connectivity index (χ2n) is 4.05. The lowest BCUT2D eigenvalue weighted by Crippen LogP contribution is -2.35. The van der Waals surface area contributed by atoms with Gasteiger partial charge in [0, 0.05) is 6.04 Å². The summed E-state index contributed by atoms with van der Waals surface area (Å²) in [4.78, 5) is 0. The molecule has 1 fully saturated rings. The molecule has 0 aromatic heterocycles. The number of hydrogen-bond donors (Lipinski definition) is 1. The van der Waals surface area contributed by atoms with E-state index in [-0.39, 0.29) is 11.9 Å². The van der Waals surface area contributed by atoms with Crippen LogP contribution in [0, 0.1) is 11.7 Å². The van der Waals surface area contributed by atoms with E-state index in [1.54, 1.807) is 12.1 Å². The van der Waals surface area contributed by atoms with Crippen molar-refractivity contribution in [2.45, 2.75) is 12.5 Å². The first-order valence-electron chi connectivity index (χ1n) is 5.47. The number of rotatable bonds is 4. The third-order valence-corrected chi connectivity index (χ3v) is 4.01. The zero-order chi connectivity index (χ0) is 11.4. The van der Waals surface area contributed by atoms with Crippen molar-refractivity contribution in [3.05, 3.63) is 30.1 Å². The van der Waals surface area contributed by atoms with Crippen molar-refractivity contribution in [2.75, 3.05) is 18.1 Å². The summed E-state index contributed by atoms with van der Waals surface area (Å²) >= 11 is 1.95. The zero-order valence-corrected chi connectivity index (χ0v) is 9.88. The highest BCUT2D eigenvalue weighted by atomic mass is 32.2. The van der Waals surface area contributed by atoms with Crippen LogP contribution >= 0.6 is 11.8 Å². The fourth-order valence-electron chi connectivity index (χ4n) is 1.75. The Morgan fingerprint density at radius 3 is 2.81 bits per heavy atom. The molecule has 88 valence electrons. The molecule has 0 radical (unpaired) electrons. The van der Waals surface area contributed by atoms with E-state index in [0.29, 0.717) is 18.3 Å². The SMILES string of the molecule is NC(COc1ccc(F)cc1)C1CCSC1. The molecule has 0 spiro atoms. The molecule has 1 aliphatic rings. The van der Waals surface area contributed by atoms with Crippen molar-refractivity contribution < 1.29 is 9.13 Å². The average Bonchev–Trinajstić information content (AvgIpc) is 2.81. The van der Waals surface area contributed by atoms with E-state index in [1.807, 2.05) is 11.8 Å². The highest BCUT2D eigenvalue weighted by Crippen LogP contribution is 2.25. The molecular formula is C12H16FNOS. The summed E-state index contributed by atoms with van der Waals surface area (Å²) < 4.78 is 18.2. The van der Waals surface area contributed by atoms with Crippen molar-refractivity contribution in [1.29, 1.82) is 0 Å². The molecule has 1 heterocycles. The van der Waals surface area contributed by atoms with Gasteiger partial charge in [0.1, 0.15) is 18.2 Å². The molecular weight excluding hydrogens is 225 g/mol. The fourth-order valence-corrected chi connectivity index (χ4v) is 3.10. The van der Waals surface area contributed by atoms with Gasteiger partial charge in [-0.2, -0.15) is 11.8 Å². The maximum atomic E-state index is 12.6. The predicted octanol–water partition coefficient (Wildman–Crippen LogP) is 2.28. The van der Waals surface area contributed by atoms with E-state index < -0.39 is 0 Å². The summed E-state index contributed by atoms with van der Waals surface area (Å²) in [5.74, 6) is 3.33. The van der Waals surface area contributed by atoms with Crippen molar-refractivity contribution in [3.63, 3.8) is 0 Å². The lowest BCUT2D eigenvalue weighted by atomic mass is 10.0. The Bertz CT molecular complexity index is 324. The molecule has 2 unspecified atom stereocenters. The van der Waals surface area contributed by atoms with Crippen LogP contribution in [-0.2, 0) is 0 Å². The first kappa shape index (κ1) is 11.7. The van der Waals surface area contributed by atoms with E-state index in [9.17, 15) is 4.39 Å². The molecule has 2 N–H and O–H groups in total. The Labute approximate surface area is 99.4 Å². The summed E-state index contributed by atoms with van der Waals surface area (Å²) in [5, 5.41) is 0. The van der Waals surface area contributed by atoms with Gasteiger partial charge in [-0.15, -0.1) is 0 Å². The quantitative estimate of drug-likeness (QED) is 0.878. The monoisotopic (exact) mass is 241 g/mol. The van der Waals surface area contributed by atoms with Crippen LogP contribution in [0.1, 0.15) is 6.42 Å². The van der Waals surface area contributed by atoms with Crippen LogP contribution < -0.4 is 10.5 Å². The first-order valence-corrected chi connectivity index (χ1v) is 6.63. The molecule has 0 saturated carbocycles. The van der Waals surface area contributed by atoms with Gasteiger partial charge in [-0.3, -0.25) is 0 Å². The van der Waals surface area contributed by atoms with E-state index in [0.717, 1.165) is 5.75 Å². The highest BCUT2D eigenvalue weighted by molar-refractivity contribution is 7.99. The molecule has 16 heavy (non-hydrogen) atoms. The van der Waals surface area contributed by atoms with Gasteiger partial charge in [-0.05, 0) is 48.1 Å². The Kier molecular flexibility index (Phi) is 4.07. The van der Waals surface area contributed by atoms with Gasteiger partial charge in [-0.25, -0.2) is 4.39 Å². The maximum Gasteiger partial charge on any atom is 0.123 e. The molecule has 2 rings (SSSR count). The van der Waals surface area contributed by atoms with Crippen LogP contribution in [-0.4, -0.2) is 24.2 Å². The third kappa shape index (κ3) is 3.12. The molecule has 1 aliphatic heterocycles. The zero-order valence-electron chi connectivity index (χ0n) is 9.06. The normalized spacial score (nSPS) is 22.0. The predicted molar refractivity (Wildman–Crippen MR) is 65.3 cm³/mol. The Hall–Kier alpha value is -0.740. The van der Waals surface area contributed by atoms with Crippen molar-refractivity contribution in [1.82, 2.24) is 0 Å². The number of halogens is 1. The van der Waals surface area contributed by atoms with Gasteiger partial charge in [0.25, 0.3) is 0 Å². The van der Waals surface area contributed by atoms with Gasteiger partial charge >= 0.3 is 0 Å². The molecule has 1 saturated heterocycles. The van der Waals surface area contributed by atoms with Crippen molar-refractivity contribution >= 4 is 11.8 Å². The molecule has 2 atom stereocenters. The van der Waals surface area contributed by atoms with Crippen molar-refractivity contribution in [2.24, 2.45) is 11.7 Å². The van der Waals surface area contributed by atoms with E-state index >= 15 is 0 Å². The van der Waals surface area contributed by atoms with Gasteiger partial charge < -0.3 is 10.5 Å². The molecule has 0 amide bonds. The topological polar surface area (TPSA) is 35.2 Å². The van der Waals surface area contributed by atoms with Crippen LogP contribution in [0.5, 0.6) is 5.75 Å². The van der Waals surface area contributed by atoms with Crippen LogP contribution in [0.4, 0.5) is 4.39 Å². The summed E-state index contributed by atoms with van der Waals surface area (Å²) in [6.45, 7) is 0.511. The van der Waals surface area contributed by atoms with Crippen LogP contribution in [0.15, 0.2) is 24.3 Å². The van der Waals surface area contributed by atoms with Crippen molar-refractivity contribution in [3.8, 4) is 5.75 Å². The molecule has 2 nitrogen and oxygen atoms in total. The van der Waals surface area contributed by atoms with Crippen LogP contribution in [0.25, 0.3) is 0 Å². The minimum Gasteiger partial charge on any atom is -0.492 e. The minimum atomic E-state index is -0.246. The Balaban J connectivity index is 1.80. The molecule has 1 aromatic carbocycles. The largest absolute Gasteiger partial charge is 0.492 e. The summed E-state index contributed by atoms with van der Waals surface area (Å²) in [7, 11) is 0. The molecule has 4 heteroatoms. The van der Waals surface area contributed by atoms with Gasteiger partial charge in [0.2, 0.25) is 0 Å². The molecule has 1 aromatic rings. The Morgan fingerprint density at radius 2 is 2.19 bits per heavy atom. The van der Waals surface area contributed by atoms with Gasteiger partial charge in [0.05, 0.1) is 0 Å². The van der Waals surface area contributed by atoms with Crippen LogP contribution in [0.3, 0.4) is 0 Å². The molecule has 0 bridgehead atoms. The average molecular weight is 241 g/mol. The maximum absolute atomic E-state index is 12.6. The second kappa shape index (κ2) is 5.55. The highest BCUT2D eigenvalue weighted by Gasteiger charge is 2.22. The number of ether oxygens (including phenoxy) is 1. The second-order valence-corrected chi connectivity index (χ2v) is 5.20. The minimum absolute atomic E-state index is 0.0834. The summed E-state index contributed by atoms with van der Waals surface area (Å²) in [5.41, 5.74) is 6.04. The lowest BCUT2D eigenvalue weighted by Gasteiger charge is -2.18. The van der Waals surface area contributed by atoms with Gasteiger partial charge in [0.15, 0.2) is 0 Å². The number of benzene rings is 1. The van der Waals surface area contributed by atoms with Crippen LogP contribution in [0.2, 0.25) is 0 Å². The lowest BCUT2D eigenvalue weighted by molar-refractivity contribution is 0.254. The first-order chi connectivity index (χ1) is 7.75. The van der Waals surface area contributed by atoms with Gasteiger partial charge in [-0.1, -0.05) is 0 Å². The summed E-state index contributed by atoms with van der Waals surface area (Å²) in [6, 6.07) is 6.13. The standard InChI is InChI=1S/C12H16FNOS/c13-10-1-3-11(4-2-10)15-7-12(14)9-5-6-16-8-9/h1-4,9,12H,5-8,14H2. The summed E-state index contributed by atoms with van der Waals surface area (Å²) in [6.07, 6.45) is 1.18. The smallest absolute Gasteiger partial charge is 0.123 e. The number of nitrogens with two attached hydrogens (primary N) is 1. The fraction of sp³-hybridized carbons (Fsp3) is 0.500. The molecule has 0 aliphatic carbocycles. The Morgan fingerprint density at radius 1 is 1.44 bits per heavy atom. The van der Waals surface area contributed by atoms with E-state index in [4.69, 9.17) is 10.5 Å². The number of hydrogen-bond acceptors (Lipinski definition) is 3.